The SMILES string of the molecule is CC(C)CCn1c(COc2ccccc2)nnc1SCC(=O)N(Cc1ccco1)C1=CCCCC1. The highest BCUT2D eigenvalue weighted by Crippen LogP contribution is 2.26. The minimum Gasteiger partial charge on any atom is -0.486 e. The van der Waals surface area contributed by atoms with Crippen molar-refractivity contribution in [3.8, 4) is 5.75 Å². The number of para-hydroxylation sites is 1. The maximum absolute atomic E-state index is 13.4. The first-order valence-electron chi connectivity index (χ1n) is 12.3. The number of allylic oxidation sites excluding steroid dienone is 2. The van der Waals surface area contributed by atoms with Gasteiger partial charge in [0.1, 0.15) is 18.1 Å². The number of hydrogen-bond donors (Lipinski definition) is 0. The Balaban J connectivity index is 1.45. The van der Waals surface area contributed by atoms with Gasteiger partial charge in [-0.05, 0) is 62.3 Å². The summed E-state index contributed by atoms with van der Waals surface area (Å²) in [6.45, 7) is 5.97. The molecule has 1 amide bonds. The molecule has 0 saturated heterocycles. The number of carbonyl (C=O) groups is 1. The fourth-order valence-electron chi connectivity index (χ4n) is 3.99. The van der Waals surface area contributed by atoms with Gasteiger partial charge in [0.05, 0.1) is 18.6 Å². The van der Waals surface area contributed by atoms with Crippen molar-refractivity contribution in [2.45, 2.75) is 70.8 Å². The number of thioether (sulfide) groups is 1. The molecule has 2 heterocycles. The van der Waals surface area contributed by atoms with Crippen molar-refractivity contribution < 1.29 is 13.9 Å². The highest BCUT2D eigenvalue weighted by molar-refractivity contribution is 7.99. The number of nitrogens with zero attached hydrogens (tertiary/aromatic N) is 4. The highest BCUT2D eigenvalue weighted by Gasteiger charge is 2.23. The van der Waals surface area contributed by atoms with E-state index in [1.807, 2.05) is 47.4 Å². The number of rotatable bonds is 12. The van der Waals surface area contributed by atoms with E-state index in [0.29, 0.717) is 19.1 Å². The van der Waals surface area contributed by atoms with Crippen LogP contribution in [-0.2, 0) is 24.5 Å². The molecule has 35 heavy (non-hydrogen) atoms. The van der Waals surface area contributed by atoms with Crippen LogP contribution in [-0.4, -0.2) is 31.3 Å². The van der Waals surface area contributed by atoms with Crippen molar-refractivity contribution in [2.75, 3.05) is 5.75 Å². The van der Waals surface area contributed by atoms with Gasteiger partial charge >= 0.3 is 0 Å². The Morgan fingerprint density at radius 2 is 2.03 bits per heavy atom. The van der Waals surface area contributed by atoms with Gasteiger partial charge in [-0.2, -0.15) is 0 Å². The number of benzene rings is 1. The van der Waals surface area contributed by atoms with Crippen molar-refractivity contribution in [3.05, 3.63) is 72.1 Å². The summed E-state index contributed by atoms with van der Waals surface area (Å²) in [5, 5.41) is 9.57. The molecule has 4 rings (SSSR count). The van der Waals surface area contributed by atoms with Gasteiger partial charge in [0.2, 0.25) is 5.91 Å². The third-order valence-electron chi connectivity index (χ3n) is 5.97. The number of amides is 1. The van der Waals surface area contributed by atoms with Crippen LogP contribution in [0.25, 0.3) is 0 Å². The van der Waals surface area contributed by atoms with Gasteiger partial charge in [-0.3, -0.25) is 4.79 Å². The zero-order valence-electron chi connectivity index (χ0n) is 20.6. The summed E-state index contributed by atoms with van der Waals surface area (Å²) < 4.78 is 13.6. The van der Waals surface area contributed by atoms with E-state index in [1.54, 1.807) is 6.26 Å². The molecule has 0 N–H and O–H groups in total. The van der Waals surface area contributed by atoms with Crippen molar-refractivity contribution >= 4 is 17.7 Å². The molecule has 0 aliphatic heterocycles. The molecule has 1 aliphatic carbocycles. The van der Waals surface area contributed by atoms with Gasteiger partial charge in [-0.25, -0.2) is 0 Å². The largest absolute Gasteiger partial charge is 0.486 e. The van der Waals surface area contributed by atoms with Crippen LogP contribution in [0, 0.1) is 5.92 Å². The zero-order valence-corrected chi connectivity index (χ0v) is 21.4. The van der Waals surface area contributed by atoms with Gasteiger partial charge < -0.3 is 18.6 Å². The van der Waals surface area contributed by atoms with Crippen LogP contribution in [0.5, 0.6) is 5.75 Å². The van der Waals surface area contributed by atoms with E-state index >= 15 is 0 Å². The van der Waals surface area contributed by atoms with Crippen LogP contribution in [0.1, 0.15) is 57.5 Å². The molecule has 0 bridgehead atoms. The van der Waals surface area contributed by atoms with E-state index in [4.69, 9.17) is 9.15 Å². The molecule has 0 unspecified atom stereocenters. The third-order valence-corrected chi connectivity index (χ3v) is 6.92. The monoisotopic (exact) mass is 494 g/mol. The number of carbonyl (C=O) groups excluding carboxylic acids is 1. The standard InChI is InChI=1S/C27H34N4O3S/c1-21(2)15-16-30-25(19-34-23-12-7-4-8-13-23)28-29-27(30)35-20-26(32)31(18-24-14-9-17-33-24)22-10-5-3-6-11-22/h4,7-10,12-14,17,21H,3,5-6,11,15-16,18-20H2,1-2H3. The van der Waals surface area contributed by atoms with Crippen molar-refractivity contribution in [2.24, 2.45) is 5.92 Å². The van der Waals surface area contributed by atoms with Crippen molar-refractivity contribution in [1.29, 1.82) is 0 Å². The minimum atomic E-state index is 0.0556. The van der Waals surface area contributed by atoms with Crippen LogP contribution in [0.15, 0.2) is 70.1 Å². The molecule has 0 saturated carbocycles. The Kier molecular flexibility index (Phi) is 9.06. The lowest BCUT2D eigenvalue weighted by Crippen LogP contribution is -2.32. The molecule has 0 fully saturated rings. The fraction of sp³-hybridized carbons (Fsp3) is 0.444. The summed E-state index contributed by atoms with van der Waals surface area (Å²) in [5.41, 5.74) is 1.09. The lowest BCUT2D eigenvalue weighted by atomic mass is 10.0. The van der Waals surface area contributed by atoms with Gasteiger partial charge in [0.15, 0.2) is 11.0 Å². The smallest absolute Gasteiger partial charge is 0.237 e. The Morgan fingerprint density at radius 1 is 1.17 bits per heavy atom. The van der Waals surface area contributed by atoms with Crippen LogP contribution >= 0.6 is 11.8 Å². The van der Waals surface area contributed by atoms with Crippen LogP contribution < -0.4 is 4.74 Å². The number of furan rings is 1. The number of aromatic nitrogens is 3. The molecule has 7 nitrogen and oxygen atoms in total. The summed E-state index contributed by atoms with van der Waals surface area (Å²) in [5.74, 6) is 3.24. The zero-order chi connectivity index (χ0) is 24.5. The van der Waals surface area contributed by atoms with Gasteiger partial charge in [-0.1, -0.05) is 49.9 Å². The highest BCUT2D eigenvalue weighted by atomic mass is 32.2. The van der Waals surface area contributed by atoms with E-state index in [1.165, 1.54) is 18.2 Å². The molecule has 186 valence electrons. The van der Waals surface area contributed by atoms with Crippen molar-refractivity contribution in [3.63, 3.8) is 0 Å². The van der Waals surface area contributed by atoms with Crippen LogP contribution in [0.2, 0.25) is 0 Å². The molecule has 1 aliphatic rings. The average molecular weight is 495 g/mol. The second-order valence-corrected chi connectivity index (χ2v) is 10.1. The average Bonchev–Trinajstić information content (AvgIpc) is 3.54. The quantitative estimate of drug-likeness (QED) is 0.284. The Morgan fingerprint density at radius 3 is 2.74 bits per heavy atom. The summed E-state index contributed by atoms with van der Waals surface area (Å²) in [6.07, 6.45) is 9.05. The first-order chi connectivity index (χ1) is 17.1. The van der Waals surface area contributed by atoms with E-state index in [0.717, 1.165) is 60.4 Å². The van der Waals surface area contributed by atoms with E-state index < -0.39 is 0 Å². The summed E-state index contributed by atoms with van der Waals surface area (Å²) in [4.78, 5) is 15.3. The predicted molar refractivity (Wildman–Crippen MR) is 137 cm³/mol. The fourth-order valence-corrected chi connectivity index (χ4v) is 4.85. The Bertz CT molecular complexity index is 1090. The topological polar surface area (TPSA) is 73.4 Å². The Hall–Kier alpha value is -3.00. The maximum Gasteiger partial charge on any atom is 0.237 e. The summed E-state index contributed by atoms with van der Waals surface area (Å²) >= 11 is 1.44. The molecule has 2 aromatic heterocycles. The molecule has 0 spiro atoms. The second-order valence-electron chi connectivity index (χ2n) is 9.12. The van der Waals surface area contributed by atoms with E-state index in [-0.39, 0.29) is 11.7 Å². The molecule has 0 atom stereocenters. The second kappa shape index (κ2) is 12.6. The molecular formula is C27H34N4O3S. The van der Waals surface area contributed by atoms with Gasteiger partial charge in [0.25, 0.3) is 0 Å². The first kappa shape index (κ1) is 25.1. The van der Waals surface area contributed by atoms with E-state index in [2.05, 4.69) is 34.7 Å². The van der Waals surface area contributed by atoms with Gasteiger partial charge in [-0.15, -0.1) is 10.2 Å². The molecule has 0 radical (unpaired) electrons. The molecular weight excluding hydrogens is 460 g/mol. The summed E-state index contributed by atoms with van der Waals surface area (Å²) in [7, 11) is 0. The third kappa shape index (κ3) is 7.24. The van der Waals surface area contributed by atoms with Crippen LogP contribution in [0.3, 0.4) is 0 Å². The summed E-state index contributed by atoms with van der Waals surface area (Å²) in [6, 6.07) is 13.5. The number of ether oxygens (including phenoxy) is 1. The van der Waals surface area contributed by atoms with Crippen LogP contribution in [0.4, 0.5) is 0 Å². The predicted octanol–water partition coefficient (Wildman–Crippen LogP) is 6.08. The lowest BCUT2D eigenvalue weighted by molar-refractivity contribution is -0.127. The lowest BCUT2D eigenvalue weighted by Gasteiger charge is -2.27. The normalized spacial score (nSPS) is 13.6. The molecule has 1 aromatic carbocycles. The minimum absolute atomic E-state index is 0.0556. The maximum atomic E-state index is 13.4. The van der Waals surface area contributed by atoms with E-state index in [9.17, 15) is 4.79 Å². The molecule has 3 aromatic rings. The first-order valence-corrected chi connectivity index (χ1v) is 13.3. The number of hydrogen-bond acceptors (Lipinski definition) is 6. The Labute approximate surface area is 211 Å². The van der Waals surface area contributed by atoms with Gasteiger partial charge in [0, 0.05) is 12.2 Å². The molecule has 8 heteroatoms. The van der Waals surface area contributed by atoms with Crippen molar-refractivity contribution in [1.82, 2.24) is 19.7 Å².